The number of nitro groups is 1. The highest BCUT2D eigenvalue weighted by Gasteiger charge is 2.23. The summed E-state index contributed by atoms with van der Waals surface area (Å²) >= 11 is 0. The maximum atomic E-state index is 12.2. The number of nitrogens with one attached hydrogen (secondary N) is 3. The number of anilines is 3. The third kappa shape index (κ3) is 6.39. The van der Waals surface area contributed by atoms with E-state index < -0.39 is 10.6 Å². The molecule has 1 aromatic heterocycles. The molecule has 32 heavy (non-hydrogen) atoms. The number of aromatic nitrogens is 2. The van der Waals surface area contributed by atoms with E-state index in [4.69, 9.17) is 4.74 Å². The van der Waals surface area contributed by atoms with Gasteiger partial charge in [0, 0.05) is 5.69 Å². The second-order valence-corrected chi connectivity index (χ2v) is 6.86. The molecule has 0 aliphatic heterocycles. The van der Waals surface area contributed by atoms with Crippen molar-refractivity contribution in [2.75, 3.05) is 17.3 Å². The van der Waals surface area contributed by atoms with Gasteiger partial charge in [0.2, 0.25) is 17.5 Å². The second-order valence-electron chi connectivity index (χ2n) is 6.86. The van der Waals surface area contributed by atoms with Crippen LogP contribution in [-0.4, -0.2) is 27.4 Å². The molecule has 3 aromatic rings. The SMILES string of the molecule is CCCCOc1ccc(Nc2ncnc(NNC(=O)Cc3ccccc3)c2[N+](=O)[O-])cc1. The van der Waals surface area contributed by atoms with E-state index in [1.807, 2.05) is 30.3 Å². The molecular formula is C22H24N6O4. The van der Waals surface area contributed by atoms with Gasteiger partial charge >= 0.3 is 5.69 Å². The lowest BCUT2D eigenvalue weighted by atomic mass is 10.1. The first kappa shape index (κ1) is 22.5. The third-order valence-electron chi connectivity index (χ3n) is 4.42. The summed E-state index contributed by atoms with van der Waals surface area (Å²) < 4.78 is 5.62. The first-order valence-electron chi connectivity index (χ1n) is 10.1. The summed E-state index contributed by atoms with van der Waals surface area (Å²) in [5, 5.41) is 14.6. The maximum Gasteiger partial charge on any atom is 0.355 e. The van der Waals surface area contributed by atoms with Crippen molar-refractivity contribution in [3.63, 3.8) is 0 Å². The van der Waals surface area contributed by atoms with Gasteiger partial charge in [-0.3, -0.25) is 25.8 Å². The highest BCUT2D eigenvalue weighted by atomic mass is 16.6. The van der Waals surface area contributed by atoms with Crippen LogP contribution >= 0.6 is 0 Å². The molecule has 10 nitrogen and oxygen atoms in total. The van der Waals surface area contributed by atoms with E-state index in [-0.39, 0.29) is 24.0 Å². The normalized spacial score (nSPS) is 10.3. The molecule has 3 N–H and O–H groups in total. The molecule has 2 aromatic carbocycles. The van der Waals surface area contributed by atoms with E-state index >= 15 is 0 Å². The topological polar surface area (TPSA) is 131 Å². The van der Waals surface area contributed by atoms with E-state index in [2.05, 4.69) is 33.1 Å². The summed E-state index contributed by atoms with van der Waals surface area (Å²) in [6.45, 7) is 2.72. The number of carbonyl (C=O) groups is 1. The Kier molecular flexibility index (Phi) is 7.90. The minimum absolute atomic E-state index is 0.00976. The Hall–Kier alpha value is -4.21. The van der Waals surface area contributed by atoms with Crippen LogP contribution in [0, 0.1) is 10.1 Å². The van der Waals surface area contributed by atoms with Crippen molar-refractivity contribution in [3.05, 3.63) is 76.6 Å². The van der Waals surface area contributed by atoms with Crippen LogP contribution in [0.25, 0.3) is 0 Å². The predicted molar refractivity (Wildman–Crippen MR) is 121 cm³/mol. The quantitative estimate of drug-likeness (QED) is 0.234. The Morgan fingerprint density at radius 3 is 2.47 bits per heavy atom. The predicted octanol–water partition coefficient (Wildman–Crippen LogP) is 3.99. The third-order valence-corrected chi connectivity index (χ3v) is 4.42. The standard InChI is InChI=1S/C22H24N6O4/c1-2-3-13-32-18-11-9-17(10-12-18)25-21-20(28(30)31)22(24-15-23-21)27-26-19(29)14-16-7-5-4-6-8-16/h4-12,15H,2-3,13-14H2,1H3,(H,26,29)(H2,23,24,25,27). The molecule has 1 heterocycles. The fourth-order valence-corrected chi connectivity index (χ4v) is 2.79. The molecule has 0 aliphatic rings. The van der Waals surface area contributed by atoms with Crippen molar-refractivity contribution < 1.29 is 14.5 Å². The monoisotopic (exact) mass is 436 g/mol. The maximum absolute atomic E-state index is 12.2. The molecule has 1 amide bonds. The first-order valence-corrected chi connectivity index (χ1v) is 10.1. The molecule has 3 rings (SSSR count). The van der Waals surface area contributed by atoms with Gasteiger partial charge in [-0.25, -0.2) is 9.97 Å². The Morgan fingerprint density at radius 1 is 1.06 bits per heavy atom. The summed E-state index contributed by atoms with van der Waals surface area (Å²) in [6, 6.07) is 16.2. The van der Waals surface area contributed by atoms with Crippen LogP contribution in [0.4, 0.5) is 23.0 Å². The van der Waals surface area contributed by atoms with Gasteiger partial charge in [-0.05, 0) is 36.2 Å². The Balaban J connectivity index is 1.67. The Bertz CT molecular complexity index is 1040. The number of hydrogen-bond donors (Lipinski definition) is 3. The number of hydrogen-bond acceptors (Lipinski definition) is 8. The lowest BCUT2D eigenvalue weighted by molar-refractivity contribution is -0.383. The second kappa shape index (κ2) is 11.3. The zero-order valence-corrected chi connectivity index (χ0v) is 17.6. The largest absolute Gasteiger partial charge is 0.494 e. The molecule has 10 heteroatoms. The van der Waals surface area contributed by atoms with Crippen molar-refractivity contribution in [2.45, 2.75) is 26.2 Å². The van der Waals surface area contributed by atoms with Crippen LogP contribution in [0.1, 0.15) is 25.3 Å². The molecule has 0 unspecified atom stereocenters. The fourth-order valence-electron chi connectivity index (χ4n) is 2.79. The number of benzene rings is 2. The Morgan fingerprint density at radius 2 is 1.78 bits per heavy atom. The number of hydrazine groups is 1. The van der Waals surface area contributed by atoms with E-state index in [0.717, 1.165) is 18.4 Å². The number of carbonyl (C=O) groups excluding carboxylic acids is 1. The van der Waals surface area contributed by atoms with E-state index in [1.165, 1.54) is 6.33 Å². The van der Waals surface area contributed by atoms with Crippen LogP contribution in [0.15, 0.2) is 60.9 Å². The van der Waals surface area contributed by atoms with Crippen LogP contribution in [-0.2, 0) is 11.2 Å². The number of rotatable bonds is 11. The van der Waals surface area contributed by atoms with Crippen LogP contribution in [0.5, 0.6) is 5.75 Å². The average Bonchev–Trinajstić information content (AvgIpc) is 2.79. The highest BCUT2D eigenvalue weighted by Crippen LogP contribution is 2.31. The number of nitrogens with zero attached hydrogens (tertiary/aromatic N) is 3. The van der Waals surface area contributed by atoms with Gasteiger partial charge in [0.05, 0.1) is 18.0 Å². The van der Waals surface area contributed by atoms with Gasteiger partial charge in [-0.15, -0.1) is 0 Å². The van der Waals surface area contributed by atoms with Gasteiger partial charge < -0.3 is 10.1 Å². The van der Waals surface area contributed by atoms with E-state index in [1.54, 1.807) is 24.3 Å². The molecule has 0 atom stereocenters. The molecule has 0 spiro atoms. The van der Waals surface area contributed by atoms with Gasteiger partial charge in [0.25, 0.3) is 0 Å². The smallest absolute Gasteiger partial charge is 0.355 e. The molecular weight excluding hydrogens is 412 g/mol. The van der Waals surface area contributed by atoms with Gasteiger partial charge in [-0.2, -0.15) is 0 Å². The molecule has 0 bridgehead atoms. The van der Waals surface area contributed by atoms with Crippen molar-refractivity contribution in [1.29, 1.82) is 0 Å². The average molecular weight is 436 g/mol. The van der Waals surface area contributed by atoms with Gasteiger partial charge in [-0.1, -0.05) is 43.7 Å². The lowest BCUT2D eigenvalue weighted by Gasteiger charge is -2.11. The highest BCUT2D eigenvalue weighted by molar-refractivity contribution is 5.81. The van der Waals surface area contributed by atoms with Crippen molar-refractivity contribution in [3.8, 4) is 5.75 Å². The summed E-state index contributed by atoms with van der Waals surface area (Å²) in [5.74, 6) is 0.208. The molecule has 0 aliphatic carbocycles. The lowest BCUT2D eigenvalue weighted by Crippen LogP contribution is -2.31. The van der Waals surface area contributed by atoms with Gasteiger partial charge in [0.15, 0.2) is 0 Å². The van der Waals surface area contributed by atoms with Crippen molar-refractivity contribution >= 4 is 28.9 Å². The van der Waals surface area contributed by atoms with Gasteiger partial charge in [0.1, 0.15) is 12.1 Å². The number of unbranched alkanes of at least 4 members (excludes halogenated alkanes) is 1. The summed E-state index contributed by atoms with van der Waals surface area (Å²) in [6.07, 6.45) is 3.29. The minimum Gasteiger partial charge on any atom is -0.494 e. The summed E-state index contributed by atoms with van der Waals surface area (Å²) in [4.78, 5) is 31.1. The molecule has 0 saturated carbocycles. The first-order chi connectivity index (χ1) is 15.6. The number of amides is 1. The van der Waals surface area contributed by atoms with Crippen LogP contribution in [0.2, 0.25) is 0 Å². The van der Waals surface area contributed by atoms with Crippen LogP contribution in [0.3, 0.4) is 0 Å². The Labute approximate surface area is 185 Å². The van der Waals surface area contributed by atoms with Crippen LogP contribution < -0.4 is 20.9 Å². The summed E-state index contributed by atoms with van der Waals surface area (Å²) in [5.41, 5.74) is 5.98. The molecule has 0 saturated heterocycles. The van der Waals surface area contributed by atoms with E-state index in [9.17, 15) is 14.9 Å². The minimum atomic E-state index is -0.615. The molecule has 0 fully saturated rings. The fraction of sp³-hybridized carbons (Fsp3) is 0.227. The number of ether oxygens (including phenoxy) is 1. The van der Waals surface area contributed by atoms with E-state index in [0.29, 0.717) is 18.0 Å². The zero-order chi connectivity index (χ0) is 22.8. The molecule has 166 valence electrons. The van der Waals surface area contributed by atoms with Crippen molar-refractivity contribution in [2.24, 2.45) is 0 Å². The zero-order valence-electron chi connectivity index (χ0n) is 17.6. The summed E-state index contributed by atoms with van der Waals surface area (Å²) in [7, 11) is 0. The van der Waals surface area contributed by atoms with Crippen molar-refractivity contribution in [1.82, 2.24) is 15.4 Å². The molecule has 0 radical (unpaired) electrons.